The van der Waals surface area contributed by atoms with Gasteiger partial charge in [-0.25, -0.2) is 0 Å². The molecule has 6 nitrogen and oxygen atoms in total. The predicted octanol–water partition coefficient (Wildman–Crippen LogP) is 4.08. The molecule has 0 radical (unpaired) electrons. The van der Waals surface area contributed by atoms with E-state index in [9.17, 15) is 23.2 Å². The summed E-state index contributed by atoms with van der Waals surface area (Å²) < 4.78 is 48.6. The summed E-state index contributed by atoms with van der Waals surface area (Å²) >= 11 is 0. The highest BCUT2D eigenvalue weighted by atomic mass is 19.4. The first-order valence-corrected chi connectivity index (χ1v) is 8.09. The molecule has 3 aromatic rings. The molecule has 0 saturated carbocycles. The normalized spacial score (nSPS) is 11.1. The van der Waals surface area contributed by atoms with Crippen molar-refractivity contribution in [3.8, 4) is 17.7 Å². The number of carbonyl (C=O) groups is 1. The molecule has 2 heterocycles. The average Bonchev–Trinajstić information content (AvgIpc) is 3.26. The van der Waals surface area contributed by atoms with Crippen molar-refractivity contribution in [2.45, 2.75) is 19.8 Å². The molecule has 28 heavy (non-hydrogen) atoms. The number of ether oxygens (including phenoxy) is 1. The number of aryl methyl sites for hydroxylation is 1. The van der Waals surface area contributed by atoms with E-state index >= 15 is 0 Å². The summed E-state index contributed by atoms with van der Waals surface area (Å²) in [6, 6.07) is 10.9. The molecule has 9 heteroatoms. The number of aromatic nitrogens is 1. The number of halogens is 3. The van der Waals surface area contributed by atoms with Gasteiger partial charge in [-0.1, -0.05) is 18.2 Å². The van der Waals surface area contributed by atoms with E-state index in [2.05, 4.69) is 10.1 Å². The fourth-order valence-electron chi connectivity index (χ4n) is 2.70. The van der Waals surface area contributed by atoms with Gasteiger partial charge in [-0.05, 0) is 25.1 Å². The van der Waals surface area contributed by atoms with E-state index in [0.29, 0.717) is 0 Å². The number of nitriles is 1. The molecule has 0 fully saturated rings. The summed E-state index contributed by atoms with van der Waals surface area (Å²) in [7, 11) is 0. The van der Waals surface area contributed by atoms with Crippen LogP contribution >= 0.6 is 0 Å². The van der Waals surface area contributed by atoms with Crippen molar-refractivity contribution in [1.82, 2.24) is 9.88 Å². The van der Waals surface area contributed by atoms with Crippen LogP contribution in [0.1, 0.15) is 27.2 Å². The zero-order valence-corrected chi connectivity index (χ0v) is 14.6. The molecule has 0 unspecified atom stereocenters. The average molecular weight is 389 g/mol. The molecule has 3 rings (SSSR count). The highest BCUT2D eigenvalue weighted by Crippen LogP contribution is 2.27. The Kier molecular flexibility index (Phi) is 5.13. The lowest BCUT2D eigenvalue weighted by Crippen LogP contribution is -2.25. The Morgan fingerprint density at radius 2 is 1.93 bits per heavy atom. The van der Waals surface area contributed by atoms with Crippen LogP contribution in [0.15, 0.2) is 53.2 Å². The SMILES string of the molecule is Cc1oc(-n2cccc2)c(C#N)c1C(=O)NCc1ccccc1OC(F)(F)F. The topological polar surface area (TPSA) is 80.2 Å². The van der Waals surface area contributed by atoms with Crippen molar-refractivity contribution in [2.24, 2.45) is 0 Å². The number of nitrogens with one attached hydrogen (secondary N) is 1. The third kappa shape index (κ3) is 4.01. The summed E-state index contributed by atoms with van der Waals surface area (Å²) in [4.78, 5) is 12.6. The van der Waals surface area contributed by atoms with Gasteiger partial charge < -0.3 is 14.5 Å². The Bertz CT molecular complexity index is 1030. The second-order valence-electron chi connectivity index (χ2n) is 5.75. The van der Waals surface area contributed by atoms with E-state index in [1.807, 2.05) is 6.07 Å². The second-order valence-corrected chi connectivity index (χ2v) is 5.75. The van der Waals surface area contributed by atoms with Gasteiger partial charge in [0.15, 0.2) is 0 Å². The molecule has 0 bridgehead atoms. The Balaban J connectivity index is 1.83. The first-order valence-electron chi connectivity index (χ1n) is 8.09. The molecule has 1 N–H and O–H groups in total. The zero-order chi connectivity index (χ0) is 20.3. The van der Waals surface area contributed by atoms with Crippen LogP contribution < -0.4 is 10.1 Å². The van der Waals surface area contributed by atoms with Crippen molar-refractivity contribution in [3.05, 3.63) is 71.2 Å². The van der Waals surface area contributed by atoms with E-state index < -0.39 is 18.0 Å². The highest BCUT2D eigenvalue weighted by molar-refractivity contribution is 5.98. The summed E-state index contributed by atoms with van der Waals surface area (Å²) in [5.41, 5.74) is 0.199. The molecule has 0 saturated heterocycles. The molecule has 2 aromatic heterocycles. The molecule has 0 aliphatic heterocycles. The fraction of sp³-hybridized carbons (Fsp3) is 0.158. The molecular weight excluding hydrogens is 375 g/mol. The lowest BCUT2D eigenvalue weighted by atomic mass is 10.1. The summed E-state index contributed by atoms with van der Waals surface area (Å²) in [5.74, 6) is -0.640. The second kappa shape index (κ2) is 7.52. The summed E-state index contributed by atoms with van der Waals surface area (Å²) in [6.45, 7) is 1.31. The van der Waals surface area contributed by atoms with Crippen LogP contribution in [0.25, 0.3) is 5.88 Å². The number of hydrogen-bond donors (Lipinski definition) is 1. The lowest BCUT2D eigenvalue weighted by molar-refractivity contribution is -0.274. The maximum atomic E-state index is 12.6. The zero-order valence-electron chi connectivity index (χ0n) is 14.6. The van der Waals surface area contributed by atoms with Crippen molar-refractivity contribution in [2.75, 3.05) is 0 Å². The number of furan rings is 1. The van der Waals surface area contributed by atoms with Gasteiger partial charge >= 0.3 is 6.36 Å². The molecule has 0 atom stereocenters. The highest BCUT2D eigenvalue weighted by Gasteiger charge is 2.32. The van der Waals surface area contributed by atoms with Crippen LogP contribution in [0.3, 0.4) is 0 Å². The molecule has 0 spiro atoms. The maximum absolute atomic E-state index is 12.6. The number of para-hydroxylation sites is 1. The fourth-order valence-corrected chi connectivity index (χ4v) is 2.70. The van der Waals surface area contributed by atoms with Gasteiger partial charge in [-0.3, -0.25) is 9.36 Å². The number of rotatable bonds is 5. The van der Waals surface area contributed by atoms with Crippen LogP contribution in [0, 0.1) is 18.3 Å². The van der Waals surface area contributed by atoms with Gasteiger partial charge in [0, 0.05) is 24.5 Å². The summed E-state index contributed by atoms with van der Waals surface area (Å²) in [5, 5.41) is 12.0. The van der Waals surface area contributed by atoms with Gasteiger partial charge in [0.1, 0.15) is 28.7 Å². The van der Waals surface area contributed by atoms with Crippen molar-refractivity contribution in [1.29, 1.82) is 5.26 Å². The van der Waals surface area contributed by atoms with Crippen molar-refractivity contribution >= 4 is 5.91 Å². The Labute approximate surface area is 157 Å². The van der Waals surface area contributed by atoms with Crippen LogP contribution in [0.2, 0.25) is 0 Å². The minimum absolute atomic E-state index is 0.0282. The number of benzene rings is 1. The monoisotopic (exact) mass is 389 g/mol. The van der Waals surface area contributed by atoms with Crippen LogP contribution in [-0.2, 0) is 6.54 Å². The van der Waals surface area contributed by atoms with Gasteiger partial charge in [0.05, 0.1) is 0 Å². The standard InChI is InChI=1S/C19H14F3N3O3/c1-12-16(14(10-23)18(27-12)25-8-4-5-9-25)17(26)24-11-13-6-2-3-7-15(13)28-19(20,21)22/h2-9H,11H2,1H3,(H,24,26). The number of nitrogens with zero attached hydrogens (tertiary/aromatic N) is 2. The molecule has 0 aliphatic rings. The van der Waals surface area contributed by atoms with E-state index in [4.69, 9.17) is 4.42 Å². The van der Waals surface area contributed by atoms with E-state index in [1.54, 1.807) is 29.1 Å². The minimum atomic E-state index is -4.85. The first-order chi connectivity index (χ1) is 13.3. The largest absolute Gasteiger partial charge is 0.573 e. The number of amides is 1. The number of carbonyl (C=O) groups excluding carboxylic acids is 1. The molecule has 1 aromatic carbocycles. The van der Waals surface area contributed by atoms with E-state index in [-0.39, 0.29) is 34.9 Å². The van der Waals surface area contributed by atoms with Crippen LogP contribution in [0.5, 0.6) is 5.75 Å². The number of alkyl halides is 3. The Morgan fingerprint density at radius 3 is 2.57 bits per heavy atom. The molecule has 144 valence electrons. The van der Waals surface area contributed by atoms with Crippen LogP contribution in [0.4, 0.5) is 13.2 Å². The molecular formula is C19H14F3N3O3. The van der Waals surface area contributed by atoms with E-state index in [1.165, 1.54) is 25.1 Å². The predicted molar refractivity (Wildman–Crippen MR) is 91.8 cm³/mol. The maximum Gasteiger partial charge on any atom is 0.573 e. The van der Waals surface area contributed by atoms with Gasteiger partial charge in [0.25, 0.3) is 5.91 Å². The minimum Gasteiger partial charge on any atom is -0.443 e. The smallest absolute Gasteiger partial charge is 0.443 e. The quantitative estimate of drug-likeness (QED) is 0.713. The van der Waals surface area contributed by atoms with Gasteiger partial charge in [-0.15, -0.1) is 13.2 Å². The third-order valence-electron chi connectivity index (χ3n) is 3.88. The Morgan fingerprint density at radius 1 is 1.25 bits per heavy atom. The molecule has 1 amide bonds. The lowest BCUT2D eigenvalue weighted by Gasteiger charge is -2.13. The summed E-state index contributed by atoms with van der Waals surface area (Å²) in [6.07, 6.45) is -1.53. The van der Waals surface area contributed by atoms with Crippen molar-refractivity contribution < 1.29 is 27.1 Å². The first kappa shape index (κ1) is 19.1. The van der Waals surface area contributed by atoms with Gasteiger partial charge in [0.2, 0.25) is 5.88 Å². The molecule has 0 aliphatic carbocycles. The van der Waals surface area contributed by atoms with Crippen molar-refractivity contribution in [3.63, 3.8) is 0 Å². The van der Waals surface area contributed by atoms with Crippen LogP contribution in [-0.4, -0.2) is 16.8 Å². The number of hydrogen-bond acceptors (Lipinski definition) is 4. The Hall–Kier alpha value is -3.67. The van der Waals surface area contributed by atoms with Gasteiger partial charge in [-0.2, -0.15) is 5.26 Å². The third-order valence-corrected chi connectivity index (χ3v) is 3.88. The van der Waals surface area contributed by atoms with E-state index in [0.717, 1.165) is 6.07 Å².